The van der Waals surface area contributed by atoms with Crippen molar-refractivity contribution in [3.8, 4) is 45.3 Å². The van der Waals surface area contributed by atoms with Crippen molar-refractivity contribution in [2.75, 3.05) is 0 Å². The molecule has 0 saturated carbocycles. The van der Waals surface area contributed by atoms with E-state index in [4.69, 9.17) is 23.8 Å². The highest BCUT2D eigenvalue weighted by atomic mass is 16.3. The van der Waals surface area contributed by atoms with Crippen molar-refractivity contribution in [2.45, 2.75) is 38.0 Å². The van der Waals surface area contributed by atoms with Crippen LogP contribution in [0.5, 0.6) is 0 Å². The van der Waals surface area contributed by atoms with Crippen LogP contribution in [0.15, 0.2) is 161 Å². The molecule has 0 fully saturated rings. The van der Waals surface area contributed by atoms with Crippen LogP contribution in [0.4, 0.5) is 0 Å². The molecule has 7 aromatic carbocycles. The van der Waals surface area contributed by atoms with E-state index in [2.05, 4.69) is 146 Å². The Bertz CT molecular complexity index is 3280. The quantitative estimate of drug-likeness (QED) is 0.175. The maximum Gasteiger partial charge on any atom is 0.164 e. The van der Waals surface area contributed by atoms with Crippen LogP contribution in [0.3, 0.4) is 0 Å². The lowest BCUT2D eigenvalue weighted by molar-refractivity contribution is 0.470. The van der Waals surface area contributed by atoms with Crippen molar-refractivity contribution in [1.82, 2.24) is 15.0 Å². The van der Waals surface area contributed by atoms with Crippen molar-refractivity contribution in [2.24, 2.45) is 0 Å². The number of benzene rings is 7. The Morgan fingerprint density at radius 3 is 2.03 bits per heavy atom. The topological polar surface area (TPSA) is 65.0 Å². The summed E-state index contributed by atoms with van der Waals surface area (Å²) < 4.78 is 12.9. The Morgan fingerprint density at radius 2 is 1.19 bits per heavy atom. The van der Waals surface area contributed by atoms with Crippen LogP contribution in [-0.4, -0.2) is 15.0 Å². The molecule has 0 spiro atoms. The number of fused-ring (bicyclic) bond motifs is 8. The summed E-state index contributed by atoms with van der Waals surface area (Å²) in [6.07, 6.45) is 10.1. The average Bonchev–Trinajstić information content (AvgIpc) is 3.86. The van der Waals surface area contributed by atoms with Gasteiger partial charge in [-0.3, -0.25) is 0 Å². The standard InChI is InChI=1S/C53H37N3O2/c1-2-9-32(10-3-1)36-20-17-34-19-22-40(29-41(34)28-36)52-54-51(39-21-18-33-11-4-5-12-35(33)27-39)55-53(56-52)44-14-8-16-48-50(44)43-25-23-38(31-49(43)58-48)37-24-26-47-45(30-37)42-13-6-7-15-46(42)57-47/h1-5,8-12,14,16-29,31,37H,6-7,13,15,30H2. The van der Waals surface area contributed by atoms with Crippen LogP contribution in [0.25, 0.3) is 94.8 Å². The van der Waals surface area contributed by atoms with E-state index in [0.29, 0.717) is 17.5 Å². The first-order valence-corrected chi connectivity index (χ1v) is 20.3. The summed E-state index contributed by atoms with van der Waals surface area (Å²) in [5, 5.41) is 6.65. The first kappa shape index (κ1) is 33.1. The van der Waals surface area contributed by atoms with E-state index in [1.165, 1.54) is 51.8 Å². The van der Waals surface area contributed by atoms with E-state index in [0.717, 1.165) is 79.8 Å². The summed E-state index contributed by atoms with van der Waals surface area (Å²) in [6.45, 7) is 0. The Labute approximate surface area is 335 Å². The maximum atomic E-state index is 6.65. The SMILES string of the molecule is C1=CC(c2ccc3c(c2)oc2cccc(-c4nc(-c5ccc6ccccc6c5)nc(-c5ccc6ccc(-c7ccccc7)cc6c5)n4)c23)Cc2c1oc1c2CCCC1. The number of hydrogen-bond donors (Lipinski definition) is 0. The Kier molecular flexibility index (Phi) is 7.55. The molecule has 5 heteroatoms. The van der Waals surface area contributed by atoms with Crippen molar-refractivity contribution < 1.29 is 8.83 Å². The number of allylic oxidation sites excluding steroid dienone is 1. The number of hydrogen-bond acceptors (Lipinski definition) is 5. The fourth-order valence-electron chi connectivity index (χ4n) is 9.27. The molecule has 0 saturated heterocycles. The average molecular weight is 748 g/mol. The highest BCUT2D eigenvalue weighted by molar-refractivity contribution is 6.12. The molecule has 2 aliphatic rings. The van der Waals surface area contributed by atoms with Crippen molar-refractivity contribution in [3.05, 3.63) is 180 Å². The lowest BCUT2D eigenvalue weighted by Gasteiger charge is -2.18. The normalized spacial score (nSPS) is 15.0. The van der Waals surface area contributed by atoms with Gasteiger partial charge in [-0.2, -0.15) is 0 Å². The van der Waals surface area contributed by atoms with E-state index >= 15 is 0 Å². The highest BCUT2D eigenvalue weighted by Gasteiger charge is 2.27. The molecule has 2 aliphatic carbocycles. The molecule has 0 N–H and O–H groups in total. The second-order valence-electron chi connectivity index (χ2n) is 15.8. The van der Waals surface area contributed by atoms with Gasteiger partial charge in [0, 0.05) is 45.4 Å². The summed E-state index contributed by atoms with van der Waals surface area (Å²) in [5.41, 5.74) is 10.9. The molecule has 1 unspecified atom stereocenters. The van der Waals surface area contributed by atoms with Crippen LogP contribution in [0.1, 0.15) is 47.0 Å². The zero-order chi connectivity index (χ0) is 38.2. The predicted octanol–water partition coefficient (Wildman–Crippen LogP) is 13.6. The summed E-state index contributed by atoms with van der Waals surface area (Å²) in [4.78, 5) is 15.6. The highest BCUT2D eigenvalue weighted by Crippen LogP contribution is 2.41. The van der Waals surface area contributed by atoms with E-state index in [1.807, 2.05) is 12.1 Å². The molecular formula is C53H37N3O2. The molecule has 3 heterocycles. The van der Waals surface area contributed by atoms with Crippen molar-refractivity contribution in [3.63, 3.8) is 0 Å². The second-order valence-corrected chi connectivity index (χ2v) is 15.8. The Hall–Kier alpha value is -7.11. The van der Waals surface area contributed by atoms with Gasteiger partial charge in [0.25, 0.3) is 0 Å². The van der Waals surface area contributed by atoms with Gasteiger partial charge < -0.3 is 8.83 Å². The number of nitrogens with zero attached hydrogens (tertiary/aromatic N) is 3. The third-order valence-electron chi connectivity index (χ3n) is 12.3. The lowest BCUT2D eigenvalue weighted by atomic mass is 9.84. The number of furan rings is 2. The summed E-state index contributed by atoms with van der Waals surface area (Å²) in [6, 6.07) is 51.3. The van der Waals surface area contributed by atoms with Gasteiger partial charge in [0.05, 0.1) is 0 Å². The van der Waals surface area contributed by atoms with Gasteiger partial charge >= 0.3 is 0 Å². The van der Waals surface area contributed by atoms with Crippen LogP contribution in [0.2, 0.25) is 0 Å². The summed E-state index contributed by atoms with van der Waals surface area (Å²) >= 11 is 0. The van der Waals surface area contributed by atoms with Gasteiger partial charge in [-0.15, -0.1) is 0 Å². The minimum absolute atomic E-state index is 0.259. The van der Waals surface area contributed by atoms with Crippen LogP contribution < -0.4 is 0 Å². The minimum atomic E-state index is 0.259. The molecule has 10 aromatic rings. The maximum absolute atomic E-state index is 6.65. The third-order valence-corrected chi connectivity index (χ3v) is 12.3. The zero-order valence-electron chi connectivity index (χ0n) is 31.8. The molecular weight excluding hydrogens is 711 g/mol. The van der Waals surface area contributed by atoms with Gasteiger partial charge in [0.15, 0.2) is 17.5 Å². The van der Waals surface area contributed by atoms with E-state index in [1.54, 1.807) is 0 Å². The zero-order valence-corrected chi connectivity index (χ0v) is 31.8. The summed E-state index contributed by atoms with van der Waals surface area (Å²) in [5.74, 6) is 4.37. The monoisotopic (exact) mass is 747 g/mol. The molecule has 58 heavy (non-hydrogen) atoms. The Balaban J connectivity index is 0.987. The predicted molar refractivity (Wildman–Crippen MR) is 235 cm³/mol. The van der Waals surface area contributed by atoms with Gasteiger partial charge in [-0.1, -0.05) is 121 Å². The summed E-state index contributed by atoms with van der Waals surface area (Å²) in [7, 11) is 0. The van der Waals surface area contributed by atoms with Crippen LogP contribution >= 0.6 is 0 Å². The molecule has 12 rings (SSSR count). The number of rotatable bonds is 5. The van der Waals surface area contributed by atoms with Crippen LogP contribution in [0, 0.1) is 0 Å². The minimum Gasteiger partial charge on any atom is -0.461 e. The molecule has 3 aromatic heterocycles. The van der Waals surface area contributed by atoms with Gasteiger partial charge in [0.1, 0.15) is 22.7 Å². The molecule has 0 bridgehead atoms. The Morgan fingerprint density at radius 1 is 0.483 bits per heavy atom. The van der Waals surface area contributed by atoms with Gasteiger partial charge in [-0.25, -0.2) is 15.0 Å². The van der Waals surface area contributed by atoms with Crippen LogP contribution in [-0.2, 0) is 19.3 Å². The van der Waals surface area contributed by atoms with E-state index < -0.39 is 0 Å². The van der Waals surface area contributed by atoms with Gasteiger partial charge in [-0.05, 0) is 106 Å². The van der Waals surface area contributed by atoms with E-state index in [-0.39, 0.29) is 5.92 Å². The van der Waals surface area contributed by atoms with E-state index in [9.17, 15) is 0 Å². The molecule has 1 atom stereocenters. The first-order chi connectivity index (χ1) is 28.7. The smallest absolute Gasteiger partial charge is 0.164 e. The number of aromatic nitrogens is 3. The molecule has 0 aliphatic heterocycles. The third kappa shape index (κ3) is 5.57. The fourth-order valence-corrected chi connectivity index (χ4v) is 9.27. The molecule has 0 radical (unpaired) electrons. The molecule has 276 valence electrons. The van der Waals surface area contributed by atoms with Gasteiger partial charge in [0.2, 0.25) is 0 Å². The van der Waals surface area contributed by atoms with Crippen molar-refractivity contribution in [1.29, 1.82) is 0 Å². The first-order valence-electron chi connectivity index (χ1n) is 20.3. The largest absolute Gasteiger partial charge is 0.461 e. The second kappa shape index (κ2) is 13.2. The number of aryl methyl sites for hydroxylation is 1. The van der Waals surface area contributed by atoms with Crippen molar-refractivity contribution >= 4 is 49.6 Å². The molecule has 0 amide bonds. The fraction of sp³-hybridized carbons (Fsp3) is 0.113. The molecule has 5 nitrogen and oxygen atoms in total. The lowest BCUT2D eigenvalue weighted by Crippen LogP contribution is -2.08.